The fourth-order valence-electron chi connectivity index (χ4n) is 4.09. The first-order valence-corrected chi connectivity index (χ1v) is 9.33. The van der Waals surface area contributed by atoms with Crippen LogP contribution in [0.3, 0.4) is 0 Å². The SMILES string of the molecule is COc1cccc2[nH]c(CN3CCC(c4nnc5cnccn45)CC3)cc12. The minimum absolute atomic E-state index is 0.446. The smallest absolute Gasteiger partial charge is 0.179 e. The Morgan fingerprint density at radius 3 is 2.96 bits per heavy atom. The zero-order chi connectivity index (χ0) is 18.2. The van der Waals surface area contributed by atoms with Gasteiger partial charge in [-0.05, 0) is 44.1 Å². The predicted molar refractivity (Wildman–Crippen MR) is 103 cm³/mol. The number of piperidine rings is 1. The van der Waals surface area contributed by atoms with Crippen molar-refractivity contribution in [1.82, 2.24) is 29.5 Å². The largest absolute Gasteiger partial charge is 0.496 e. The van der Waals surface area contributed by atoms with Gasteiger partial charge in [0.15, 0.2) is 5.65 Å². The van der Waals surface area contributed by atoms with Crippen LogP contribution in [0.25, 0.3) is 16.6 Å². The summed E-state index contributed by atoms with van der Waals surface area (Å²) in [6.45, 7) is 3.03. The zero-order valence-corrected chi connectivity index (χ0v) is 15.3. The number of nitrogens with one attached hydrogen (secondary N) is 1. The molecule has 4 heterocycles. The lowest BCUT2D eigenvalue weighted by Crippen LogP contribution is -2.33. The lowest BCUT2D eigenvalue weighted by molar-refractivity contribution is 0.199. The molecule has 0 unspecified atom stereocenters. The van der Waals surface area contributed by atoms with Gasteiger partial charge in [0.1, 0.15) is 11.6 Å². The summed E-state index contributed by atoms with van der Waals surface area (Å²) >= 11 is 0. The number of rotatable bonds is 4. The van der Waals surface area contributed by atoms with Gasteiger partial charge in [0.25, 0.3) is 0 Å². The number of benzene rings is 1. The maximum Gasteiger partial charge on any atom is 0.179 e. The first kappa shape index (κ1) is 16.3. The van der Waals surface area contributed by atoms with Crippen LogP contribution in [0, 0.1) is 0 Å². The van der Waals surface area contributed by atoms with Gasteiger partial charge in [-0.3, -0.25) is 14.3 Å². The Morgan fingerprint density at radius 1 is 1.22 bits per heavy atom. The maximum absolute atomic E-state index is 5.47. The van der Waals surface area contributed by atoms with Gasteiger partial charge in [0.05, 0.1) is 13.3 Å². The minimum atomic E-state index is 0.446. The predicted octanol–water partition coefficient (Wildman–Crippen LogP) is 2.99. The number of methoxy groups -OCH3 is 1. The van der Waals surface area contributed by atoms with Gasteiger partial charge in [-0.25, -0.2) is 0 Å². The number of aromatic nitrogens is 5. The van der Waals surface area contributed by atoms with Crippen molar-refractivity contribution in [2.75, 3.05) is 20.2 Å². The van der Waals surface area contributed by atoms with Crippen LogP contribution in [0.15, 0.2) is 42.9 Å². The molecule has 7 nitrogen and oxygen atoms in total. The third-order valence-corrected chi connectivity index (χ3v) is 5.49. The summed E-state index contributed by atoms with van der Waals surface area (Å²) in [5.41, 5.74) is 3.18. The van der Waals surface area contributed by atoms with E-state index in [0.717, 1.165) is 60.6 Å². The van der Waals surface area contributed by atoms with Crippen LogP contribution in [0.2, 0.25) is 0 Å². The first-order chi connectivity index (χ1) is 13.3. The molecule has 1 aliphatic heterocycles. The molecule has 4 aromatic rings. The highest BCUT2D eigenvalue weighted by molar-refractivity contribution is 5.86. The van der Waals surface area contributed by atoms with Crippen molar-refractivity contribution in [3.63, 3.8) is 0 Å². The Hall–Kier alpha value is -2.93. The number of hydrogen-bond donors (Lipinski definition) is 1. The molecular formula is C20H22N6O. The van der Waals surface area contributed by atoms with E-state index in [0.29, 0.717) is 5.92 Å². The molecule has 0 spiro atoms. The molecule has 138 valence electrons. The summed E-state index contributed by atoms with van der Waals surface area (Å²) < 4.78 is 7.53. The number of fused-ring (bicyclic) bond motifs is 2. The Bertz CT molecular complexity index is 1080. The van der Waals surface area contributed by atoms with Crippen LogP contribution in [-0.4, -0.2) is 49.7 Å². The van der Waals surface area contributed by atoms with E-state index in [-0.39, 0.29) is 0 Å². The molecule has 3 aromatic heterocycles. The van der Waals surface area contributed by atoms with Gasteiger partial charge >= 0.3 is 0 Å². The molecule has 1 fully saturated rings. The highest BCUT2D eigenvalue weighted by Crippen LogP contribution is 2.29. The summed E-state index contributed by atoms with van der Waals surface area (Å²) in [5.74, 6) is 2.42. The van der Waals surface area contributed by atoms with E-state index in [1.165, 1.54) is 5.69 Å². The van der Waals surface area contributed by atoms with Crippen molar-refractivity contribution in [3.05, 3.63) is 54.4 Å². The Kier molecular flexibility index (Phi) is 4.01. The molecule has 1 aromatic carbocycles. The Balaban J connectivity index is 1.28. The van der Waals surface area contributed by atoms with Gasteiger partial charge in [-0.2, -0.15) is 0 Å². The lowest BCUT2D eigenvalue weighted by Gasteiger charge is -2.30. The van der Waals surface area contributed by atoms with Crippen molar-refractivity contribution in [2.24, 2.45) is 0 Å². The molecule has 0 aliphatic carbocycles. The molecule has 0 radical (unpaired) electrons. The third kappa shape index (κ3) is 2.94. The second-order valence-electron chi connectivity index (χ2n) is 7.13. The highest BCUT2D eigenvalue weighted by atomic mass is 16.5. The average molecular weight is 362 g/mol. The first-order valence-electron chi connectivity index (χ1n) is 9.33. The van der Waals surface area contributed by atoms with E-state index in [1.54, 1.807) is 19.5 Å². The van der Waals surface area contributed by atoms with Gasteiger partial charge in [0, 0.05) is 41.5 Å². The van der Waals surface area contributed by atoms with Crippen LogP contribution >= 0.6 is 0 Å². The molecule has 1 saturated heterocycles. The van der Waals surface area contributed by atoms with E-state index in [4.69, 9.17) is 4.74 Å². The number of hydrogen-bond acceptors (Lipinski definition) is 5. The van der Waals surface area contributed by atoms with E-state index in [1.807, 2.05) is 18.3 Å². The number of H-pyrrole nitrogens is 1. The number of nitrogens with zero attached hydrogens (tertiary/aromatic N) is 5. The van der Waals surface area contributed by atoms with Crippen LogP contribution in [0.1, 0.15) is 30.3 Å². The van der Waals surface area contributed by atoms with E-state index < -0.39 is 0 Å². The standard InChI is InChI=1S/C20H22N6O/c1-27-18-4-2-3-17-16(18)11-15(22-17)13-25-8-5-14(6-9-25)20-24-23-19-12-21-7-10-26(19)20/h2-4,7,10-12,14,22H,5-6,8-9,13H2,1H3. The molecule has 7 heteroatoms. The Labute approximate surface area is 157 Å². The summed E-state index contributed by atoms with van der Waals surface area (Å²) in [7, 11) is 1.72. The molecule has 5 rings (SSSR count). The quantitative estimate of drug-likeness (QED) is 0.604. The number of ether oxygens (including phenoxy) is 1. The highest BCUT2D eigenvalue weighted by Gasteiger charge is 2.24. The molecule has 0 bridgehead atoms. The van der Waals surface area contributed by atoms with E-state index in [9.17, 15) is 0 Å². The second kappa shape index (κ2) is 6.66. The monoisotopic (exact) mass is 362 g/mol. The fraction of sp³-hybridized carbons (Fsp3) is 0.350. The lowest BCUT2D eigenvalue weighted by atomic mass is 9.96. The van der Waals surface area contributed by atoms with Gasteiger partial charge < -0.3 is 9.72 Å². The van der Waals surface area contributed by atoms with Crippen molar-refractivity contribution in [1.29, 1.82) is 0 Å². The summed E-state index contributed by atoms with van der Waals surface area (Å²) in [6.07, 6.45) is 7.68. The van der Waals surface area contributed by atoms with Crippen molar-refractivity contribution >= 4 is 16.6 Å². The van der Waals surface area contributed by atoms with Gasteiger partial charge in [0.2, 0.25) is 0 Å². The maximum atomic E-state index is 5.47. The van der Waals surface area contributed by atoms with Crippen LogP contribution < -0.4 is 4.74 Å². The molecule has 0 saturated carbocycles. The minimum Gasteiger partial charge on any atom is -0.496 e. The normalized spacial score (nSPS) is 16.3. The van der Waals surface area contributed by atoms with Crippen LogP contribution in [0.5, 0.6) is 5.75 Å². The molecular weight excluding hydrogens is 340 g/mol. The molecule has 27 heavy (non-hydrogen) atoms. The molecule has 1 aliphatic rings. The molecule has 0 amide bonds. The summed E-state index contributed by atoms with van der Waals surface area (Å²) in [6, 6.07) is 8.33. The molecule has 1 N–H and O–H groups in total. The van der Waals surface area contributed by atoms with Crippen molar-refractivity contribution < 1.29 is 4.74 Å². The van der Waals surface area contributed by atoms with Crippen molar-refractivity contribution in [3.8, 4) is 5.75 Å². The summed E-state index contributed by atoms with van der Waals surface area (Å²) in [5, 5.41) is 9.80. The Morgan fingerprint density at radius 2 is 2.11 bits per heavy atom. The van der Waals surface area contributed by atoms with Crippen LogP contribution in [0.4, 0.5) is 0 Å². The number of aromatic amines is 1. The topological polar surface area (TPSA) is 71.3 Å². The van der Waals surface area contributed by atoms with Gasteiger partial charge in [-0.1, -0.05) is 6.07 Å². The van der Waals surface area contributed by atoms with Gasteiger partial charge in [-0.15, -0.1) is 10.2 Å². The number of likely N-dealkylation sites (tertiary alicyclic amines) is 1. The zero-order valence-electron chi connectivity index (χ0n) is 15.3. The van der Waals surface area contributed by atoms with Crippen molar-refractivity contribution in [2.45, 2.75) is 25.3 Å². The third-order valence-electron chi connectivity index (χ3n) is 5.49. The average Bonchev–Trinajstić information content (AvgIpc) is 3.32. The van der Waals surface area contributed by atoms with Crippen LogP contribution in [-0.2, 0) is 6.54 Å². The molecule has 0 atom stereocenters. The van der Waals surface area contributed by atoms with E-state index >= 15 is 0 Å². The fourth-order valence-corrected chi connectivity index (χ4v) is 4.09. The second-order valence-corrected chi connectivity index (χ2v) is 7.13. The summed E-state index contributed by atoms with van der Waals surface area (Å²) in [4.78, 5) is 10.1. The van der Waals surface area contributed by atoms with E-state index in [2.05, 4.69) is 41.6 Å².